The Morgan fingerprint density at radius 1 is 1.00 bits per heavy atom. The molecule has 0 fully saturated rings. The topological polar surface area (TPSA) is 24.9 Å². The fraction of sp³-hybridized carbons (Fsp3) is 0.312. The number of pyridine rings is 1. The summed E-state index contributed by atoms with van der Waals surface area (Å²) in [6, 6.07) is 15.5. The first-order valence-corrected chi connectivity index (χ1v) is 6.52. The molecule has 0 radical (unpaired) electrons. The normalized spacial score (nSPS) is 14.1. The maximum Gasteiger partial charge on any atom is 0.0323 e. The average molecular weight is 240 g/mol. The maximum atomic E-state index is 4.06. The van der Waals surface area contributed by atoms with Crippen LogP contribution in [0.1, 0.15) is 43.5 Å². The summed E-state index contributed by atoms with van der Waals surface area (Å²) in [7, 11) is 0. The average Bonchev–Trinajstić information content (AvgIpc) is 2.46. The van der Waals surface area contributed by atoms with Crippen molar-refractivity contribution in [2.75, 3.05) is 0 Å². The van der Waals surface area contributed by atoms with Crippen molar-refractivity contribution in [1.29, 1.82) is 0 Å². The lowest BCUT2D eigenvalue weighted by atomic mass is 10.0. The fourth-order valence-corrected chi connectivity index (χ4v) is 2.19. The van der Waals surface area contributed by atoms with Gasteiger partial charge in [0.2, 0.25) is 0 Å². The molecule has 0 saturated heterocycles. The van der Waals surface area contributed by atoms with Crippen LogP contribution in [0.15, 0.2) is 54.9 Å². The predicted molar refractivity (Wildman–Crippen MR) is 75.3 cm³/mol. The molecule has 2 rings (SSSR count). The van der Waals surface area contributed by atoms with Crippen LogP contribution in [0.2, 0.25) is 0 Å². The van der Waals surface area contributed by atoms with E-state index in [1.165, 1.54) is 11.1 Å². The van der Waals surface area contributed by atoms with Crippen LogP contribution >= 0.6 is 0 Å². The third-order valence-corrected chi connectivity index (χ3v) is 3.27. The Morgan fingerprint density at radius 2 is 1.67 bits per heavy atom. The molecule has 1 aromatic heterocycles. The molecule has 0 aliphatic carbocycles. The Hall–Kier alpha value is -1.67. The van der Waals surface area contributed by atoms with Crippen LogP contribution in [0.5, 0.6) is 0 Å². The zero-order valence-corrected chi connectivity index (χ0v) is 11.0. The Balaban J connectivity index is 2.07. The van der Waals surface area contributed by atoms with Crippen molar-refractivity contribution in [1.82, 2.24) is 10.3 Å². The zero-order chi connectivity index (χ0) is 12.8. The summed E-state index contributed by atoms with van der Waals surface area (Å²) >= 11 is 0. The second kappa shape index (κ2) is 6.31. The van der Waals surface area contributed by atoms with Crippen LogP contribution < -0.4 is 5.32 Å². The highest BCUT2D eigenvalue weighted by molar-refractivity contribution is 5.20. The van der Waals surface area contributed by atoms with E-state index >= 15 is 0 Å². The first-order chi connectivity index (χ1) is 8.81. The Bertz CT molecular complexity index is 453. The molecule has 1 unspecified atom stereocenters. The van der Waals surface area contributed by atoms with Gasteiger partial charge in [0.15, 0.2) is 0 Å². The van der Waals surface area contributed by atoms with Crippen LogP contribution in [0.25, 0.3) is 0 Å². The minimum absolute atomic E-state index is 0.332. The van der Waals surface area contributed by atoms with E-state index in [-0.39, 0.29) is 0 Å². The van der Waals surface area contributed by atoms with Crippen LogP contribution in [-0.2, 0) is 0 Å². The number of benzene rings is 1. The molecule has 0 aliphatic rings. The summed E-state index contributed by atoms with van der Waals surface area (Å²) < 4.78 is 0. The summed E-state index contributed by atoms with van der Waals surface area (Å²) in [5, 5.41) is 3.67. The maximum absolute atomic E-state index is 4.06. The number of hydrogen-bond donors (Lipinski definition) is 1. The third-order valence-electron chi connectivity index (χ3n) is 3.27. The van der Waals surface area contributed by atoms with Crippen LogP contribution in [-0.4, -0.2) is 4.98 Å². The number of aromatic nitrogens is 1. The minimum Gasteiger partial charge on any atom is -0.303 e. The largest absolute Gasteiger partial charge is 0.303 e. The molecule has 1 heterocycles. The van der Waals surface area contributed by atoms with Gasteiger partial charge >= 0.3 is 0 Å². The number of nitrogens with one attached hydrogen (secondary N) is 1. The highest BCUT2D eigenvalue weighted by atomic mass is 14.9. The van der Waals surface area contributed by atoms with E-state index in [2.05, 4.69) is 66.6 Å². The molecule has 2 atom stereocenters. The molecule has 0 amide bonds. The van der Waals surface area contributed by atoms with Gasteiger partial charge < -0.3 is 5.32 Å². The van der Waals surface area contributed by atoms with Crippen LogP contribution in [0, 0.1) is 0 Å². The van der Waals surface area contributed by atoms with Gasteiger partial charge in [-0.25, -0.2) is 0 Å². The number of hydrogen-bond acceptors (Lipinski definition) is 2. The van der Waals surface area contributed by atoms with Crippen LogP contribution in [0.3, 0.4) is 0 Å². The summed E-state index contributed by atoms with van der Waals surface area (Å²) in [6.45, 7) is 4.41. The molecular weight excluding hydrogens is 220 g/mol. The van der Waals surface area contributed by atoms with E-state index in [1.54, 1.807) is 0 Å². The first kappa shape index (κ1) is 12.8. The highest BCUT2D eigenvalue weighted by Crippen LogP contribution is 2.21. The fourth-order valence-electron chi connectivity index (χ4n) is 2.19. The Labute approximate surface area is 109 Å². The van der Waals surface area contributed by atoms with E-state index in [0.29, 0.717) is 12.1 Å². The van der Waals surface area contributed by atoms with Crippen molar-refractivity contribution in [3.8, 4) is 0 Å². The molecule has 94 valence electrons. The van der Waals surface area contributed by atoms with E-state index in [1.807, 2.05) is 12.4 Å². The smallest absolute Gasteiger partial charge is 0.0323 e. The van der Waals surface area contributed by atoms with Gasteiger partial charge in [0, 0.05) is 24.5 Å². The predicted octanol–water partition coefficient (Wildman–Crippen LogP) is 3.88. The van der Waals surface area contributed by atoms with Gasteiger partial charge in [-0.3, -0.25) is 4.98 Å². The van der Waals surface area contributed by atoms with E-state index in [0.717, 1.165) is 6.42 Å². The number of rotatable bonds is 5. The zero-order valence-electron chi connectivity index (χ0n) is 11.0. The standard InChI is InChI=1S/C16H20N2/c1-3-16(15-7-5-4-6-8-15)18-13(2)14-9-11-17-12-10-14/h4-13,16,18H,3H2,1-2H3/t13-,16?/m0/s1. The summed E-state index contributed by atoms with van der Waals surface area (Å²) in [6.07, 6.45) is 4.77. The van der Waals surface area contributed by atoms with Crippen LogP contribution in [0.4, 0.5) is 0 Å². The minimum atomic E-state index is 0.332. The van der Waals surface area contributed by atoms with Gasteiger partial charge in [-0.05, 0) is 36.6 Å². The van der Waals surface area contributed by atoms with E-state index < -0.39 is 0 Å². The van der Waals surface area contributed by atoms with Gasteiger partial charge in [-0.15, -0.1) is 0 Å². The second-order valence-corrected chi connectivity index (χ2v) is 4.54. The molecule has 0 bridgehead atoms. The molecule has 1 N–H and O–H groups in total. The molecule has 0 spiro atoms. The lowest BCUT2D eigenvalue weighted by Crippen LogP contribution is -2.24. The summed E-state index contributed by atoms with van der Waals surface area (Å²) in [5.74, 6) is 0. The van der Waals surface area contributed by atoms with Crippen molar-refractivity contribution >= 4 is 0 Å². The van der Waals surface area contributed by atoms with Gasteiger partial charge in [-0.2, -0.15) is 0 Å². The molecular formula is C16H20N2. The monoisotopic (exact) mass is 240 g/mol. The lowest BCUT2D eigenvalue weighted by Gasteiger charge is -2.23. The summed E-state index contributed by atoms with van der Waals surface area (Å²) in [4.78, 5) is 4.06. The van der Waals surface area contributed by atoms with Crippen molar-refractivity contribution < 1.29 is 0 Å². The molecule has 2 nitrogen and oxygen atoms in total. The Morgan fingerprint density at radius 3 is 2.28 bits per heavy atom. The van der Waals surface area contributed by atoms with Gasteiger partial charge in [-0.1, -0.05) is 37.3 Å². The van der Waals surface area contributed by atoms with Gasteiger partial charge in [0.05, 0.1) is 0 Å². The van der Waals surface area contributed by atoms with Crippen molar-refractivity contribution in [3.05, 3.63) is 66.0 Å². The van der Waals surface area contributed by atoms with E-state index in [4.69, 9.17) is 0 Å². The quantitative estimate of drug-likeness (QED) is 0.857. The molecule has 2 aromatic rings. The van der Waals surface area contributed by atoms with Gasteiger partial charge in [0.25, 0.3) is 0 Å². The molecule has 2 heteroatoms. The lowest BCUT2D eigenvalue weighted by molar-refractivity contribution is 0.456. The molecule has 0 saturated carbocycles. The Kier molecular flexibility index (Phi) is 4.48. The van der Waals surface area contributed by atoms with Crippen molar-refractivity contribution in [2.45, 2.75) is 32.4 Å². The third kappa shape index (κ3) is 3.17. The van der Waals surface area contributed by atoms with E-state index in [9.17, 15) is 0 Å². The SMILES string of the molecule is CCC(N[C@@H](C)c1ccncc1)c1ccccc1. The summed E-state index contributed by atoms with van der Waals surface area (Å²) in [5.41, 5.74) is 2.63. The molecule has 18 heavy (non-hydrogen) atoms. The van der Waals surface area contributed by atoms with Crippen molar-refractivity contribution in [2.24, 2.45) is 0 Å². The highest BCUT2D eigenvalue weighted by Gasteiger charge is 2.13. The number of nitrogens with zero attached hydrogens (tertiary/aromatic N) is 1. The second-order valence-electron chi connectivity index (χ2n) is 4.54. The van der Waals surface area contributed by atoms with Crippen molar-refractivity contribution in [3.63, 3.8) is 0 Å². The first-order valence-electron chi connectivity index (χ1n) is 6.52. The van der Waals surface area contributed by atoms with Gasteiger partial charge in [0.1, 0.15) is 0 Å². The molecule has 0 aliphatic heterocycles. The molecule has 1 aromatic carbocycles.